The summed E-state index contributed by atoms with van der Waals surface area (Å²) in [5.74, 6) is 2.22. The van der Waals surface area contributed by atoms with Crippen molar-refractivity contribution in [2.45, 2.75) is 11.4 Å². The van der Waals surface area contributed by atoms with Gasteiger partial charge in [0.05, 0.1) is 23.8 Å². The van der Waals surface area contributed by atoms with E-state index in [2.05, 4.69) is 5.92 Å². The van der Waals surface area contributed by atoms with Crippen molar-refractivity contribution in [1.82, 2.24) is 0 Å². The van der Waals surface area contributed by atoms with Gasteiger partial charge in [-0.3, -0.25) is 4.79 Å². The number of benzene rings is 3. The number of methoxy groups -OCH3 is 1. The first-order chi connectivity index (χ1) is 14.9. The predicted molar refractivity (Wildman–Crippen MR) is 122 cm³/mol. The summed E-state index contributed by atoms with van der Waals surface area (Å²) >= 11 is 0. The monoisotopic (exact) mass is 433 g/mol. The first-order valence-electron chi connectivity index (χ1n) is 9.69. The number of carbonyl (C=O) groups excluding carboxylic acids is 1. The maximum Gasteiger partial charge on any atom is 0.258 e. The number of hydrogen-bond acceptors (Lipinski definition) is 4. The minimum Gasteiger partial charge on any atom is -0.384 e. The van der Waals surface area contributed by atoms with Crippen LogP contribution < -0.4 is 4.90 Å². The average molecular weight is 434 g/mol. The zero-order valence-corrected chi connectivity index (χ0v) is 18.0. The highest BCUT2D eigenvalue weighted by molar-refractivity contribution is 7.91. The number of hydrogen-bond donors (Lipinski definition) is 0. The zero-order chi connectivity index (χ0) is 22.3. The van der Waals surface area contributed by atoms with Crippen LogP contribution in [0.2, 0.25) is 0 Å². The van der Waals surface area contributed by atoms with E-state index in [4.69, 9.17) is 11.2 Å². The smallest absolute Gasteiger partial charge is 0.258 e. The summed E-state index contributed by atoms with van der Waals surface area (Å²) in [6.07, 6.45) is 5.53. The minimum absolute atomic E-state index is 0.111. The maximum absolute atomic E-state index is 13.4. The van der Waals surface area contributed by atoms with E-state index < -0.39 is 9.84 Å². The highest BCUT2D eigenvalue weighted by Gasteiger charge is 2.20. The molecule has 0 fully saturated rings. The number of anilines is 1. The Morgan fingerprint density at radius 2 is 1.71 bits per heavy atom. The second-order valence-electron chi connectivity index (χ2n) is 6.91. The third kappa shape index (κ3) is 5.60. The molecule has 0 radical (unpaired) electrons. The molecule has 0 aliphatic heterocycles. The normalized spacial score (nSPS) is 11.0. The molecule has 1 amide bonds. The predicted octanol–water partition coefficient (Wildman–Crippen LogP) is 3.94. The van der Waals surface area contributed by atoms with E-state index in [9.17, 15) is 13.2 Å². The molecular formula is C25H23NO4S. The number of terminal acetylenes is 1. The average Bonchev–Trinajstić information content (AvgIpc) is 2.81. The van der Waals surface area contributed by atoms with Gasteiger partial charge in [0.1, 0.15) is 0 Å². The molecule has 6 heteroatoms. The van der Waals surface area contributed by atoms with Crippen LogP contribution in [0.1, 0.15) is 21.5 Å². The molecule has 158 valence electrons. The van der Waals surface area contributed by atoms with Crippen molar-refractivity contribution in [1.29, 1.82) is 0 Å². The van der Waals surface area contributed by atoms with Crippen LogP contribution >= 0.6 is 0 Å². The molecule has 5 nitrogen and oxygen atoms in total. The quantitative estimate of drug-likeness (QED) is 0.505. The Balaban J connectivity index is 1.93. The van der Waals surface area contributed by atoms with Crippen LogP contribution in [0.3, 0.4) is 0 Å². The van der Waals surface area contributed by atoms with Crippen LogP contribution in [0, 0.1) is 12.3 Å². The van der Waals surface area contributed by atoms with Gasteiger partial charge in [-0.15, -0.1) is 6.42 Å². The molecule has 0 saturated carbocycles. The molecule has 0 unspecified atom stereocenters. The van der Waals surface area contributed by atoms with Gasteiger partial charge in [0.15, 0.2) is 9.84 Å². The summed E-state index contributed by atoms with van der Waals surface area (Å²) in [5, 5.41) is 0. The number of ether oxygens (including phenoxy) is 1. The van der Waals surface area contributed by atoms with Crippen molar-refractivity contribution in [2.75, 3.05) is 24.4 Å². The fraction of sp³-hybridized carbons (Fsp3) is 0.160. The van der Waals surface area contributed by atoms with Crippen LogP contribution in [0.25, 0.3) is 0 Å². The fourth-order valence-corrected chi connectivity index (χ4v) is 4.25. The summed E-state index contributed by atoms with van der Waals surface area (Å²) in [6.45, 7) is 0.459. The van der Waals surface area contributed by atoms with Gasteiger partial charge in [-0.1, -0.05) is 42.3 Å². The molecule has 0 bridgehead atoms. The zero-order valence-electron chi connectivity index (χ0n) is 17.2. The molecule has 0 saturated heterocycles. The lowest BCUT2D eigenvalue weighted by Crippen LogP contribution is -2.30. The maximum atomic E-state index is 13.4. The lowest BCUT2D eigenvalue weighted by Gasteiger charge is -2.23. The van der Waals surface area contributed by atoms with Crippen molar-refractivity contribution in [3.8, 4) is 12.3 Å². The Labute approximate surface area is 183 Å². The Kier molecular flexibility index (Phi) is 7.24. The number of carbonyl (C=O) groups is 1. The molecule has 0 aliphatic rings. The van der Waals surface area contributed by atoms with E-state index >= 15 is 0 Å². The Hall–Kier alpha value is -3.40. The van der Waals surface area contributed by atoms with Crippen LogP contribution in [-0.4, -0.2) is 33.8 Å². The van der Waals surface area contributed by atoms with Crippen LogP contribution in [0.5, 0.6) is 0 Å². The number of nitrogens with zero attached hydrogens (tertiary/aromatic N) is 1. The second-order valence-corrected chi connectivity index (χ2v) is 9.02. The van der Waals surface area contributed by atoms with Gasteiger partial charge in [-0.25, -0.2) is 8.42 Å². The van der Waals surface area contributed by atoms with E-state index in [-0.39, 0.29) is 23.2 Å². The highest BCUT2D eigenvalue weighted by Crippen LogP contribution is 2.22. The number of sulfone groups is 1. The molecule has 0 atom stereocenters. The third-order valence-corrected chi connectivity index (χ3v) is 6.46. The van der Waals surface area contributed by atoms with Crippen molar-refractivity contribution in [3.05, 3.63) is 95.6 Å². The molecular weight excluding hydrogens is 410 g/mol. The van der Waals surface area contributed by atoms with Gasteiger partial charge >= 0.3 is 0 Å². The first kappa shape index (κ1) is 22.3. The molecule has 0 aromatic heterocycles. The Morgan fingerprint density at radius 3 is 2.35 bits per heavy atom. The van der Waals surface area contributed by atoms with E-state index in [0.29, 0.717) is 23.4 Å². The van der Waals surface area contributed by atoms with Gasteiger partial charge in [0.2, 0.25) is 0 Å². The number of rotatable bonds is 8. The highest BCUT2D eigenvalue weighted by atomic mass is 32.2. The largest absolute Gasteiger partial charge is 0.384 e. The molecule has 3 rings (SSSR count). The standard InChI is InChI=1S/C25H23NO4S/c1-3-20-10-7-11-23(18-20)26(19-21-8-5-4-6-9-21)25(27)22-12-14-24(15-13-22)31(28,29)17-16-30-2/h1,4-15,18H,16-17,19H2,2H3. The Morgan fingerprint density at radius 1 is 1.00 bits per heavy atom. The molecule has 0 N–H and O–H groups in total. The van der Waals surface area contributed by atoms with E-state index in [1.165, 1.54) is 31.4 Å². The second kappa shape index (κ2) is 10.1. The van der Waals surface area contributed by atoms with Crippen molar-refractivity contribution < 1.29 is 17.9 Å². The van der Waals surface area contributed by atoms with Crippen molar-refractivity contribution >= 4 is 21.4 Å². The lowest BCUT2D eigenvalue weighted by atomic mass is 10.1. The van der Waals surface area contributed by atoms with E-state index in [1.54, 1.807) is 23.1 Å². The molecule has 0 aliphatic carbocycles. The lowest BCUT2D eigenvalue weighted by molar-refractivity contribution is 0.0985. The van der Waals surface area contributed by atoms with Gasteiger partial charge in [-0.05, 0) is 48.0 Å². The molecule has 0 spiro atoms. The van der Waals surface area contributed by atoms with Crippen molar-refractivity contribution in [3.63, 3.8) is 0 Å². The molecule has 3 aromatic carbocycles. The summed E-state index contributed by atoms with van der Waals surface area (Å²) < 4.78 is 29.6. The Bertz CT molecular complexity index is 1180. The topological polar surface area (TPSA) is 63.7 Å². The summed E-state index contributed by atoms with van der Waals surface area (Å²) in [6, 6.07) is 22.8. The first-order valence-corrected chi connectivity index (χ1v) is 11.3. The fourth-order valence-electron chi connectivity index (χ4n) is 3.08. The summed E-state index contributed by atoms with van der Waals surface area (Å²) in [7, 11) is -2.01. The molecule has 0 heterocycles. The molecule has 31 heavy (non-hydrogen) atoms. The van der Waals surface area contributed by atoms with Gasteiger partial charge in [0, 0.05) is 23.9 Å². The van der Waals surface area contributed by atoms with Gasteiger partial charge in [-0.2, -0.15) is 0 Å². The van der Waals surface area contributed by atoms with Gasteiger partial charge in [0.25, 0.3) is 5.91 Å². The third-order valence-electron chi connectivity index (χ3n) is 4.77. The summed E-state index contributed by atoms with van der Waals surface area (Å²) in [4.78, 5) is 15.2. The van der Waals surface area contributed by atoms with Gasteiger partial charge < -0.3 is 9.64 Å². The SMILES string of the molecule is C#Cc1cccc(N(Cc2ccccc2)C(=O)c2ccc(S(=O)(=O)CCOC)cc2)c1. The minimum atomic E-state index is -3.47. The van der Waals surface area contributed by atoms with Crippen molar-refractivity contribution in [2.24, 2.45) is 0 Å². The summed E-state index contributed by atoms with van der Waals surface area (Å²) in [5.41, 5.74) is 2.68. The van der Waals surface area contributed by atoms with Crippen LogP contribution in [0.4, 0.5) is 5.69 Å². The number of amides is 1. The van der Waals surface area contributed by atoms with Crippen LogP contribution in [-0.2, 0) is 21.1 Å². The van der Waals surface area contributed by atoms with E-state index in [1.807, 2.05) is 36.4 Å². The molecule has 3 aromatic rings. The van der Waals surface area contributed by atoms with E-state index in [0.717, 1.165) is 5.56 Å². The van der Waals surface area contributed by atoms with Crippen LogP contribution in [0.15, 0.2) is 83.8 Å².